The molecule has 0 saturated carbocycles. The number of hydrogen-bond acceptors (Lipinski definition) is 3. The standard InChI is InChI=1S/C20H23N3/c1-17-14-23(15-18-8-4-2-5-9-18)13-12-20(17,16-21)22-19-10-6-3-7-11-19/h2-11,17,22H,12-15H2,1H3. The number of benzene rings is 2. The van der Waals surface area contributed by atoms with E-state index in [4.69, 9.17) is 0 Å². The molecule has 2 unspecified atom stereocenters. The molecule has 1 aliphatic heterocycles. The van der Waals surface area contributed by atoms with Gasteiger partial charge in [0.05, 0.1) is 6.07 Å². The minimum absolute atomic E-state index is 0.269. The summed E-state index contributed by atoms with van der Waals surface area (Å²) in [4.78, 5) is 2.45. The predicted octanol–water partition coefficient (Wildman–Crippen LogP) is 3.90. The molecule has 0 amide bonds. The molecule has 3 heteroatoms. The largest absolute Gasteiger partial charge is 0.367 e. The Bertz CT molecular complexity index is 662. The Kier molecular flexibility index (Phi) is 4.64. The Balaban J connectivity index is 1.68. The number of rotatable bonds is 4. The van der Waals surface area contributed by atoms with Crippen LogP contribution >= 0.6 is 0 Å². The predicted molar refractivity (Wildman–Crippen MR) is 93.9 cm³/mol. The van der Waals surface area contributed by atoms with Gasteiger partial charge in [-0.15, -0.1) is 0 Å². The quantitative estimate of drug-likeness (QED) is 0.931. The topological polar surface area (TPSA) is 39.1 Å². The van der Waals surface area contributed by atoms with Crippen molar-refractivity contribution in [3.8, 4) is 6.07 Å². The second-order valence-electron chi connectivity index (χ2n) is 6.45. The maximum absolute atomic E-state index is 9.82. The van der Waals surface area contributed by atoms with Crippen LogP contribution in [-0.2, 0) is 6.54 Å². The van der Waals surface area contributed by atoms with Crippen LogP contribution in [0.25, 0.3) is 0 Å². The normalized spacial score (nSPS) is 24.8. The zero-order valence-electron chi connectivity index (χ0n) is 13.6. The molecular formula is C20H23N3. The van der Waals surface area contributed by atoms with Crippen molar-refractivity contribution in [2.45, 2.75) is 25.4 Å². The molecule has 1 N–H and O–H groups in total. The fraction of sp³-hybridized carbons (Fsp3) is 0.350. The Morgan fingerprint density at radius 2 is 1.78 bits per heavy atom. The van der Waals surface area contributed by atoms with E-state index >= 15 is 0 Å². The molecule has 0 radical (unpaired) electrons. The van der Waals surface area contributed by atoms with Gasteiger partial charge in [0, 0.05) is 31.2 Å². The molecule has 0 aromatic heterocycles. The second-order valence-corrected chi connectivity index (χ2v) is 6.45. The van der Waals surface area contributed by atoms with E-state index in [-0.39, 0.29) is 5.92 Å². The van der Waals surface area contributed by atoms with Crippen LogP contribution in [0.2, 0.25) is 0 Å². The summed E-state index contributed by atoms with van der Waals surface area (Å²) >= 11 is 0. The molecule has 3 rings (SSSR count). The highest BCUT2D eigenvalue weighted by atomic mass is 15.2. The zero-order valence-corrected chi connectivity index (χ0v) is 13.6. The highest BCUT2D eigenvalue weighted by Crippen LogP contribution is 2.31. The van der Waals surface area contributed by atoms with E-state index in [1.807, 2.05) is 36.4 Å². The molecule has 1 aliphatic rings. The van der Waals surface area contributed by atoms with Crippen molar-refractivity contribution < 1.29 is 0 Å². The third kappa shape index (κ3) is 3.55. The molecular weight excluding hydrogens is 282 g/mol. The second kappa shape index (κ2) is 6.85. The average Bonchev–Trinajstić information content (AvgIpc) is 2.59. The van der Waals surface area contributed by atoms with Crippen LogP contribution in [0.4, 0.5) is 5.69 Å². The molecule has 1 fully saturated rings. The van der Waals surface area contributed by atoms with Gasteiger partial charge < -0.3 is 5.32 Å². The SMILES string of the molecule is CC1CN(Cc2ccccc2)CCC1(C#N)Nc1ccccc1. The van der Waals surface area contributed by atoms with Crippen molar-refractivity contribution in [2.75, 3.05) is 18.4 Å². The van der Waals surface area contributed by atoms with E-state index < -0.39 is 5.54 Å². The van der Waals surface area contributed by atoms with Gasteiger partial charge in [0.15, 0.2) is 0 Å². The van der Waals surface area contributed by atoms with Gasteiger partial charge in [-0.1, -0.05) is 55.5 Å². The van der Waals surface area contributed by atoms with Gasteiger partial charge in [-0.25, -0.2) is 0 Å². The first-order valence-electron chi connectivity index (χ1n) is 8.23. The molecule has 0 spiro atoms. The average molecular weight is 305 g/mol. The van der Waals surface area contributed by atoms with Crippen LogP contribution < -0.4 is 5.32 Å². The first-order valence-corrected chi connectivity index (χ1v) is 8.23. The molecule has 3 nitrogen and oxygen atoms in total. The van der Waals surface area contributed by atoms with Gasteiger partial charge in [-0.3, -0.25) is 4.90 Å². The maximum atomic E-state index is 9.82. The van der Waals surface area contributed by atoms with E-state index in [0.29, 0.717) is 0 Å². The molecule has 0 aliphatic carbocycles. The summed E-state index contributed by atoms with van der Waals surface area (Å²) < 4.78 is 0. The fourth-order valence-corrected chi connectivity index (χ4v) is 3.36. The molecule has 2 atom stereocenters. The van der Waals surface area contributed by atoms with E-state index in [2.05, 4.69) is 47.5 Å². The van der Waals surface area contributed by atoms with Crippen molar-refractivity contribution in [1.29, 1.82) is 5.26 Å². The smallest absolute Gasteiger partial charge is 0.130 e. The summed E-state index contributed by atoms with van der Waals surface area (Å²) in [5.41, 5.74) is 1.88. The van der Waals surface area contributed by atoms with Gasteiger partial charge in [0.25, 0.3) is 0 Å². The Hall–Kier alpha value is -2.31. The number of likely N-dealkylation sites (tertiary alicyclic amines) is 1. The Morgan fingerprint density at radius 1 is 1.13 bits per heavy atom. The number of nitrogens with one attached hydrogen (secondary N) is 1. The van der Waals surface area contributed by atoms with E-state index in [1.165, 1.54) is 5.56 Å². The summed E-state index contributed by atoms with van der Waals surface area (Å²) in [6.07, 6.45) is 0.840. The van der Waals surface area contributed by atoms with Crippen LogP contribution in [0.5, 0.6) is 0 Å². The van der Waals surface area contributed by atoms with Gasteiger partial charge in [0.2, 0.25) is 0 Å². The number of nitrogens with zero attached hydrogens (tertiary/aromatic N) is 2. The number of hydrogen-bond donors (Lipinski definition) is 1. The molecule has 1 heterocycles. The zero-order chi connectivity index (χ0) is 16.1. The number of anilines is 1. The van der Waals surface area contributed by atoms with Crippen LogP contribution in [0.3, 0.4) is 0 Å². The molecule has 2 aromatic rings. The van der Waals surface area contributed by atoms with Crippen molar-refractivity contribution in [1.82, 2.24) is 4.90 Å². The van der Waals surface area contributed by atoms with Crippen LogP contribution in [-0.4, -0.2) is 23.5 Å². The highest BCUT2D eigenvalue weighted by Gasteiger charge is 2.40. The fourth-order valence-electron chi connectivity index (χ4n) is 3.36. The molecule has 1 saturated heterocycles. The minimum atomic E-state index is -0.478. The third-order valence-electron chi connectivity index (χ3n) is 4.79. The summed E-state index contributed by atoms with van der Waals surface area (Å²) in [5.74, 6) is 0.269. The Labute approximate surface area is 138 Å². The van der Waals surface area contributed by atoms with Crippen LogP contribution in [0.1, 0.15) is 18.9 Å². The lowest BCUT2D eigenvalue weighted by atomic mass is 9.79. The monoisotopic (exact) mass is 305 g/mol. The van der Waals surface area contributed by atoms with Gasteiger partial charge >= 0.3 is 0 Å². The van der Waals surface area contributed by atoms with Gasteiger partial charge in [0.1, 0.15) is 5.54 Å². The maximum Gasteiger partial charge on any atom is 0.130 e. The van der Waals surface area contributed by atoms with Crippen molar-refractivity contribution >= 4 is 5.69 Å². The number of piperidine rings is 1. The Morgan fingerprint density at radius 3 is 2.39 bits per heavy atom. The molecule has 0 bridgehead atoms. The first kappa shape index (κ1) is 15.6. The van der Waals surface area contributed by atoms with Gasteiger partial charge in [-0.2, -0.15) is 5.26 Å². The highest BCUT2D eigenvalue weighted by molar-refractivity contribution is 5.48. The molecule has 23 heavy (non-hydrogen) atoms. The van der Waals surface area contributed by atoms with Crippen LogP contribution in [0.15, 0.2) is 60.7 Å². The van der Waals surface area contributed by atoms with Crippen molar-refractivity contribution in [2.24, 2.45) is 5.92 Å². The van der Waals surface area contributed by atoms with E-state index in [9.17, 15) is 5.26 Å². The van der Waals surface area contributed by atoms with E-state index in [1.54, 1.807) is 0 Å². The van der Waals surface area contributed by atoms with Gasteiger partial charge in [-0.05, 0) is 24.1 Å². The summed E-state index contributed by atoms with van der Waals surface area (Å²) in [6, 6.07) is 23.2. The summed E-state index contributed by atoms with van der Waals surface area (Å²) in [7, 11) is 0. The van der Waals surface area contributed by atoms with Crippen molar-refractivity contribution in [3.63, 3.8) is 0 Å². The number of nitriles is 1. The van der Waals surface area contributed by atoms with Crippen LogP contribution in [0, 0.1) is 17.2 Å². The summed E-state index contributed by atoms with van der Waals surface area (Å²) in [5, 5.41) is 13.3. The molecule has 2 aromatic carbocycles. The van der Waals surface area contributed by atoms with Crippen molar-refractivity contribution in [3.05, 3.63) is 66.2 Å². The third-order valence-corrected chi connectivity index (χ3v) is 4.79. The lowest BCUT2D eigenvalue weighted by Gasteiger charge is -2.43. The van der Waals surface area contributed by atoms with E-state index in [0.717, 1.165) is 31.7 Å². The lowest BCUT2D eigenvalue weighted by Crippen LogP contribution is -2.54. The lowest BCUT2D eigenvalue weighted by molar-refractivity contribution is 0.138. The minimum Gasteiger partial charge on any atom is -0.367 e. The summed E-state index contributed by atoms with van der Waals surface area (Å²) in [6.45, 7) is 5.00. The molecule has 118 valence electrons. The number of para-hydroxylation sites is 1. The first-order chi connectivity index (χ1) is 11.2.